The van der Waals surface area contributed by atoms with Crippen LogP contribution in [0, 0.1) is 12.7 Å². The van der Waals surface area contributed by atoms with Crippen LogP contribution in [0.25, 0.3) is 22.3 Å². The van der Waals surface area contributed by atoms with Crippen LogP contribution in [0.5, 0.6) is 0 Å². The molecule has 1 fully saturated rings. The number of aryl methyl sites for hydroxylation is 2. The van der Waals surface area contributed by atoms with Crippen LogP contribution >= 0.6 is 0 Å². The molecule has 0 unspecified atom stereocenters. The molecule has 0 aliphatic carbocycles. The normalized spacial score (nSPS) is 14.9. The van der Waals surface area contributed by atoms with E-state index < -0.39 is 0 Å². The van der Waals surface area contributed by atoms with Crippen molar-refractivity contribution in [3.63, 3.8) is 0 Å². The first-order valence-corrected chi connectivity index (χ1v) is 10.9. The van der Waals surface area contributed by atoms with E-state index >= 15 is 0 Å². The van der Waals surface area contributed by atoms with Gasteiger partial charge in [-0.2, -0.15) is 10.1 Å². The van der Waals surface area contributed by atoms with Crippen molar-refractivity contribution in [2.75, 3.05) is 13.1 Å². The SMILES string of the molecule is Cc1ccc2cnn(CCC(=O)N3CCC(c4nc(-c5ccc(F)cc5)no4)CC3)c2c1. The molecule has 1 amide bonds. The molecule has 0 N–H and O–H groups in total. The molecule has 4 aromatic rings. The predicted octanol–water partition coefficient (Wildman–Crippen LogP) is 4.33. The van der Waals surface area contributed by atoms with Gasteiger partial charge in [-0.05, 0) is 55.7 Å². The number of fused-ring (bicyclic) bond motifs is 1. The van der Waals surface area contributed by atoms with Crippen LogP contribution < -0.4 is 0 Å². The first kappa shape index (κ1) is 20.4. The molecule has 164 valence electrons. The third-order valence-electron chi connectivity index (χ3n) is 6.08. The second-order valence-corrected chi connectivity index (χ2v) is 8.30. The Morgan fingerprint density at radius 2 is 1.94 bits per heavy atom. The van der Waals surface area contributed by atoms with E-state index in [2.05, 4.69) is 40.4 Å². The molecule has 8 heteroatoms. The Morgan fingerprint density at radius 1 is 1.16 bits per heavy atom. The molecule has 1 aliphatic rings. The Morgan fingerprint density at radius 3 is 2.72 bits per heavy atom. The molecule has 0 atom stereocenters. The summed E-state index contributed by atoms with van der Waals surface area (Å²) in [6.45, 7) is 3.95. The summed E-state index contributed by atoms with van der Waals surface area (Å²) < 4.78 is 20.5. The quantitative estimate of drug-likeness (QED) is 0.468. The molecule has 0 saturated carbocycles. The first-order chi connectivity index (χ1) is 15.6. The third-order valence-corrected chi connectivity index (χ3v) is 6.08. The molecular formula is C24H24FN5O2. The fourth-order valence-electron chi connectivity index (χ4n) is 4.21. The van der Waals surface area contributed by atoms with Gasteiger partial charge in [0.15, 0.2) is 0 Å². The van der Waals surface area contributed by atoms with E-state index in [0.717, 1.165) is 29.3 Å². The fraction of sp³-hybridized carbons (Fsp3) is 0.333. The fourth-order valence-corrected chi connectivity index (χ4v) is 4.21. The lowest BCUT2D eigenvalue weighted by atomic mass is 9.96. The third kappa shape index (κ3) is 4.12. The Balaban J connectivity index is 1.16. The second-order valence-electron chi connectivity index (χ2n) is 8.30. The van der Waals surface area contributed by atoms with Gasteiger partial charge < -0.3 is 9.42 Å². The van der Waals surface area contributed by atoms with Crippen molar-refractivity contribution in [1.82, 2.24) is 24.8 Å². The van der Waals surface area contributed by atoms with Crippen molar-refractivity contribution >= 4 is 16.8 Å². The van der Waals surface area contributed by atoms with Crippen LogP contribution in [0.3, 0.4) is 0 Å². The number of benzene rings is 2. The molecule has 0 radical (unpaired) electrons. The summed E-state index contributed by atoms with van der Waals surface area (Å²) in [5.41, 5.74) is 2.96. The number of aromatic nitrogens is 4. The van der Waals surface area contributed by atoms with Crippen LogP contribution in [0.2, 0.25) is 0 Å². The van der Waals surface area contributed by atoms with Crippen LogP contribution in [0.4, 0.5) is 4.39 Å². The zero-order valence-corrected chi connectivity index (χ0v) is 17.9. The highest BCUT2D eigenvalue weighted by molar-refractivity contribution is 5.80. The van der Waals surface area contributed by atoms with Gasteiger partial charge in [0.05, 0.1) is 18.3 Å². The summed E-state index contributed by atoms with van der Waals surface area (Å²) in [7, 11) is 0. The van der Waals surface area contributed by atoms with E-state index in [4.69, 9.17) is 4.52 Å². The van der Waals surface area contributed by atoms with Crippen molar-refractivity contribution in [2.45, 2.75) is 38.6 Å². The average molecular weight is 433 g/mol. The number of amides is 1. The maximum atomic E-state index is 13.1. The van der Waals surface area contributed by atoms with E-state index in [1.807, 2.05) is 15.8 Å². The second kappa shape index (κ2) is 8.53. The Bertz CT molecular complexity index is 1240. The lowest BCUT2D eigenvalue weighted by molar-refractivity contribution is -0.132. The molecular weight excluding hydrogens is 409 g/mol. The van der Waals surface area contributed by atoms with Gasteiger partial charge in [0, 0.05) is 36.4 Å². The van der Waals surface area contributed by atoms with Gasteiger partial charge in [0.25, 0.3) is 0 Å². The minimum atomic E-state index is -0.301. The molecule has 5 rings (SSSR count). The number of hydrogen-bond acceptors (Lipinski definition) is 5. The number of halogens is 1. The van der Waals surface area contributed by atoms with E-state index in [1.54, 1.807) is 12.1 Å². The zero-order valence-electron chi connectivity index (χ0n) is 17.9. The van der Waals surface area contributed by atoms with Gasteiger partial charge in [-0.15, -0.1) is 0 Å². The molecule has 0 bridgehead atoms. The lowest BCUT2D eigenvalue weighted by Gasteiger charge is -2.30. The monoisotopic (exact) mass is 433 g/mol. The van der Waals surface area contributed by atoms with Gasteiger partial charge in [-0.1, -0.05) is 17.3 Å². The van der Waals surface area contributed by atoms with Gasteiger partial charge >= 0.3 is 0 Å². The van der Waals surface area contributed by atoms with Crippen LogP contribution in [0.1, 0.15) is 36.6 Å². The van der Waals surface area contributed by atoms with Gasteiger partial charge in [-0.25, -0.2) is 4.39 Å². The maximum Gasteiger partial charge on any atom is 0.230 e. The number of likely N-dealkylation sites (tertiary alicyclic amines) is 1. The summed E-state index contributed by atoms with van der Waals surface area (Å²) in [6.07, 6.45) is 3.82. The van der Waals surface area contributed by atoms with Crippen molar-refractivity contribution in [1.29, 1.82) is 0 Å². The number of carbonyl (C=O) groups excluding carboxylic acids is 1. The molecule has 0 spiro atoms. The zero-order chi connectivity index (χ0) is 22.1. The first-order valence-electron chi connectivity index (χ1n) is 10.9. The van der Waals surface area contributed by atoms with Crippen LogP contribution in [-0.4, -0.2) is 43.8 Å². The van der Waals surface area contributed by atoms with Crippen molar-refractivity contribution in [3.05, 3.63) is 65.9 Å². The highest BCUT2D eigenvalue weighted by Crippen LogP contribution is 2.29. The van der Waals surface area contributed by atoms with Crippen molar-refractivity contribution in [3.8, 4) is 11.4 Å². The summed E-state index contributed by atoms with van der Waals surface area (Å²) >= 11 is 0. The number of nitrogens with zero attached hydrogens (tertiary/aromatic N) is 5. The Hall–Kier alpha value is -3.55. The number of carbonyl (C=O) groups is 1. The van der Waals surface area contributed by atoms with E-state index in [0.29, 0.717) is 37.8 Å². The minimum absolute atomic E-state index is 0.124. The van der Waals surface area contributed by atoms with Gasteiger partial charge in [-0.3, -0.25) is 9.48 Å². The number of hydrogen-bond donors (Lipinski definition) is 0. The molecule has 32 heavy (non-hydrogen) atoms. The minimum Gasteiger partial charge on any atom is -0.343 e. The molecule has 1 saturated heterocycles. The maximum absolute atomic E-state index is 13.1. The molecule has 2 aromatic carbocycles. The van der Waals surface area contributed by atoms with E-state index in [1.165, 1.54) is 17.7 Å². The largest absolute Gasteiger partial charge is 0.343 e. The van der Waals surface area contributed by atoms with Crippen molar-refractivity contribution in [2.24, 2.45) is 0 Å². The highest BCUT2D eigenvalue weighted by atomic mass is 19.1. The molecule has 2 aromatic heterocycles. The summed E-state index contributed by atoms with van der Waals surface area (Å²) in [6, 6.07) is 12.2. The highest BCUT2D eigenvalue weighted by Gasteiger charge is 2.27. The Kier molecular flexibility index (Phi) is 5.43. The average Bonchev–Trinajstić information content (AvgIpc) is 3.45. The summed E-state index contributed by atoms with van der Waals surface area (Å²) in [5.74, 6) is 0.997. The molecule has 1 aliphatic heterocycles. The lowest BCUT2D eigenvalue weighted by Crippen LogP contribution is -2.38. The smallest absolute Gasteiger partial charge is 0.230 e. The van der Waals surface area contributed by atoms with Gasteiger partial charge in [0.1, 0.15) is 5.82 Å². The number of piperidine rings is 1. The Labute approximate surface area is 184 Å². The van der Waals surface area contributed by atoms with Crippen LogP contribution in [-0.2, 0) is 11.3 Å². The summed E-state index contributed by atoms with van der Waals surface area (Å²) in [5, 5.41) is 9.56. The number of rotatable bonds is 5. The predicted molar refractivity (Wildman–Crippen MR) is 117 cm³/mol. The van der Waals surface area contributed by atoms with E-state index in [-0.39, 0.29) is 17.6 Å². The van der Waals surface area contributed by atoms with Crippen LogP contribution in [0.15, 0.2) is 53.2 Å². The molecule has 3 heterocycles. The topological polar surface area (TPSA) is 77.1 Å². The molecule has 7 nitrogen and oxygen atoms in total. The standard InChI is InChI=1S/C24H24FN5O2/c1-16-2-3-19-15-26-30(21(19)14-16)13-10-22(31)29-11-8-18(9-12-29)24-27-23(28-32-24)17-4-6-20(25)7-5-17/h2-7,14-15,18H,8-13H2,1H3. The van der Waals surface area contributed by atoms with E-state index in [9.17, 15) is 9.18 Å². The summed E-state index contributed by atoms with van der Waals surface area (Å²) in [4.78, 5) is 19.2. The van der Waals surface area contributed by atoms with Gasteiger partial charge in [0.2, 0.25) is 17.6 Å². The van der Waals surface area contributed by atoms with Crippen molar-refractivity contribution < 1.29 is 13.7 Å².